The Morgan fingerprint density at radius 2 is 2.06 bits per heavy atom. The van der Waals surface area contributed by atoms with E-state index in [0.717, 1.165) is 28.5 Å². The summed E-state index contributed by atoms with van der Waals surface area (Å²) in [6.07, 6.45) is 0.995. The number of aromatic nitrogens is 3. The first-order valence-electron chi connectivity index (χ1n) is 10.0. The molecule has 3 aromatic rings. The van der Waals surface area contributed by atoms with Gasteiger partial charge >= 0.3 is 0 Å². The lowest BCUT2D eigenvalue weighted by Crippen LogP contribution is -2.42. The summed E-state index contributed by atoms with van der Waals surface area (Å²) >= 11 is 2.99. The molecule has 31 heavy (non-hydrogen) atoms. The summed E-state index contributed by atoms with van der Waals surface area (Å²) in [6, 6.07) is 7.26. The Kier molecular flexibility index (Phi) is 6.86. The molecule has 0 bridgehead atoms. The Morgan fingerprint density at radius 3 is 2.74 bits per heavy atom. The average molecular weight is 465 g/mol. The molecule has 1 aliphatic rings. The lowest BCUT2D eigenvalue weighted by atomic mass is 10.1. The van der Waals surface area contributed by atoms with Crippen LogP contribution in [0.3, 0.4) is 0 Å². The van der Waals surface area contributed by atoms with Crippen LogP contribution in [0.15, 0.2) is 40.9 Å². The Labute approximate surface area is 187 Å². The van der Waals surface area contributed by atoms with Crippen molar-refractivity contribution in [1.29, 1.82) is 0 Å². The van der Waals surface area contributed by atoms with Gasteiger partial charge in [-0.15, -0.1) is 21.5 Å². The van der Waals surface area contributed by atoms with Gasteiger partial charge in [0.25, 0.3) is 0 Å². The first kappa shape index (κ1) is 21.8. The van der Waals surface area contributed by atoms with E-state index in [1.165, 1.54) is 23.9 Å². The number of carbonyl (C=O) groups is 1. The summed E-state index contributed by atoms with van der Waals surface area (Å²) in [5.74, 6) is -0.179. The van der Waals surface area contributed by atoms with Crippen LogP contribution in [0.5, 0.6) is 5.75 Å². The summed E-state index contributed by atoms with van der Waals surface area (Å²) < 4.78 is 34.5. The Balaban J connectivity index is 1.29. The van der Waals surface area contributed by atoms with Gasteiger partial charge in [-0.2, -0.15) is 0 Å². The van der Waals surface area contributed by atoms with Gasteiger partial charge in [0.15, 0.2) is 22.5 Å². The zero-order valence-electron chi connectivity index (χ0n) is 17.0. The van der Waals surface area contributed by atoms with Gasteiger partial charge in [0, 0.05) is 38.5 Å². The molecule has 0 spiro atoms. The normalized spacial score (nSPS) is 14.7. The fourth-order valence-corrected chi connectivity index (χ4v) is 5.08. The third-order valence-corrected chi connectivity index (χ3v) is 6.90. The van der Waals surface area contributed by atoms with E-state index in [0.29, 0.717) is 25.9 Å². The molecule has 10 heteroatoms. The van der Waals surface area contributed by atoms with Crippen LogP contribution in [0.4, 0.5) is 8.78 Å². The van der Waals surface area contributed by atoms with Crippen LogP contribution >= 0.6 is 23.1 Å². The molecule has 0 radical (unpaired) electrons. The van der Waals surface area contributed by atoms with E-state index >= 15 is 0 Å². The van der Waals surface area contributed by atoms with Crippen molar-refractivity contribution in [1.82, 2.24) is 19.7 Å². The summed E-state index contributed by atoms with van der Waals surface area (Å²) in [5, 5.41) is 11.3. The minimum Gasteiger partial charge on any atom is -0.487 e. The van der Waals surface area contributed by atoms with E-state index in [2.05, 4.69) is 10.2 Å². The van der Waals surface area contributed by atoms with Crippen molar-refractivity contribution >= 4 is 29.0 Å². The molecule has 0 N–H and O–H groups in total. The third kappa shape index (κ3) is 5.07. The predicted octanol–water partition coefficient (Wildman–Crippen LogP) is 4.47. The van der Waals surface area contributed by atoms with E-state index in [4.69, 9.17) is 4.74 Å². The molecule has 1 amide bonds. The number of piperidine rings is 1. The lowest BCUT2D eigenvalue weighted by Gasteiger charge is -2.32. The maximum absolute atomic E-state index is 13.8. The van der Waals surface area contributed by atoms with Crippen LogP contribution in [0.1, 0.15) is 19.8 Å². The first-order chi connectivity index (χ1) is 15.0. The van der Waals surface area contributed by atoms with E-state index < -0.39 is 11.6 Å². The summed E-state index contributed by atoms with van der Waals surface area (Å²) in [6.45, 7) is 3.82. The minimum absolute atomic E-state index is 0.0275. The molecule has 1 aliphatic heterocycles. The molecule has 0 saturated carbocycles. The maximum Gasteiger partial charge on any atom is 0.233 e. The number of rotatable bonds is 7. The number of carbonyl (C=O) groups excluding carboxylic acids is 1. The molecular weight excluding hydrogens is 442 g/mol. The van der Waals surface area contributed by atoms with Crippen molar-refractivity contribution in [3.05, 3.63) is 47.3 Å². The van der Waals surface area contributed by atoms with Gasteiger partial charge in [-0.3, -0.25) is 4.79 Å². The molecule has 3 heterocycles. The van der Waals surface area contributed by atoms with Crippen molar-refractivity contribution in [2.45, 2.75) is 37.6 Å². The van der Waals surface area contributed by atoms with Crippen molar-refractivity contribution in [2.24, 2.45) is 0 Å². The number of ether oxygens (including phenoxy) is 1. The molecule has 1 fully saturated rings. The van der Waals surface area contributed by atoms with E-state index in [1.54, 1.807) is 16.2 Å². The standard InChI is InChI=1S/C21H22F2N4O2S2/c1-2-27-20(18-4-3-11-30-18)24-25-21(27)31-13-19(28)26-9-7-15(8-10-26)29-17-6-5-14(22)12-16(17)23/h3-6,11-12,15H,2,7-10,13H2,1H3. The Morgan fingerprint density at radius 1 is 1.26 bits per heavy atom. The van der Waals surface area contributed by atoms with Crippen LogP contribution in [0.25, 0.3) is 10.7 Å². The Hall–Kier alpha value is -2.46. The third-order valence-electron chi connectivity index (χ3n) is 5.08. The van der Waals surface area contributed by atoms with Crippen LogP contribution in [-0.4, -0.2) is 50.5 Å². The molecule has 164 valence electrons. The van der Waals surface area contributed by atoms with E-state index in [9.17, 15) is 13.6 Å². The number of likely N-dealkylation sites (tertiary alicyclic amines) is 1. The fraction of sp³-hybridized carbons (Fsp3) is 0.381. The zero-order valence-corrected chi connectivity index (χ0v) is 18.6. The molecule has 6 nitrogen and oxygen atoms in total. The number of hydrogen-bond donors (Lipinski definition) is 0. The number of thiophene rings is 1. The quantitative estimate of drug-likeness (QED) is 0.483. The molecule has 0 aliphatic carbocycles. The van der Waals surface area contributed by atoms with Crippen LogP contribution in [-0.2, 0) is 11.3 Å². The summed E-state index contributed by atoms with van der Waals surface area (Å²) in [4.78, 5) is 15.5. The molecule has 1 aromatic carbocycles. The van der Waals surface area contributed by atoms with Crippen molar-refractivity contribution in [3.8, 4) is 16.5 Å². The molecule has 0 unspecified atom stereocenters. The highest BCUT2D eigenvalue weighted by atomic mass is 32.2. The fourth-order valence-electron chi connectivity index (χ4n) is 3.46. The number of thioether (sulfide) groups is 1. The molecule has 0 atom stereocenters. The van der Waals surface area contributed by atoms with Gasteiger partial charge in [-0.25, -0.2) is 8.78 Å². The highest BCUT2D eigenvalue weighted by Gasteiger charge is 2.25. The highest BCUT2D eigenvalue weighted by Crippen LogP contribution is 2.28. The first-order valence-corrected chi connectivity index (χ1v) is 11.9. The monoisotopic (exact) mass is 464 g/mol. The summed E-state index contributed by atoms with van der Waals surface area (Å²) in [5.41, 5.74) is 0. The minimum atomic E-state index is -0.711. The second-order valence-electron chi connectivity index (χ2n) is 7.09. The van der Waals surface area contributed by atoms with Crippen molar-refractivity contribution in [2.75, 3.05) is 18.8 Å². The predicted molar refractivity (Wildman–Crippen MR) is 116 cm³/mol. The molecule has 4 rings (SSSR count). The average Bonchev–Trinajstić information content (AvgIpc) is 3.43. The van der Waals surface area contributed by atoms with Crippen LogP contribution in [0, 0.1) is 11.6 Å². The van der Waals surface area contributed by atoms with Crippen LogP contribution < -0.4 is 4.74 Å². The van der Waals surface area contributed by atoms with Gasteiger partial charge in [-0.1, -0.05) is 17.8 Å². The summed E-state index contributed by atoms with van der Waals surface area (Å²) in [7, 11) is 0. The molecule has 1 saturated heterocycles. The maximum atomic E-state index is 13.8. The highest BCUT2D eigenvalue weighted by molar-refractivity contribution is 7.99. The van der Waals surface area contributed by atoms with E-state index in [1.807, 2.05) is 29.0 Å². The van der Waals surface area contributed by atoms with Gasteiger partial charge in [0.05, 0.1) is 10.6 Å². The number of hydrogen-bond acceptors (Lipinski definition) is 6. The second kappa shape index (κ2) is 9.78. The zero-order chi connectivity index (χ0) is 21.8. The van der Waals surface area contributed by atoms with Gasteiger partial charge < -0.3 is 14.2 Å². The van der Waals surface area contributed by atoms with E-state index in [-0.39, 0.29) is 23.5 Å². The molecule has 2 aromatic heterocycles. The largest absolute Gasteiger partial charge is 0.487 e. The van der Waals surface area contributed by atoms with Crippen molar-refractivity contribution in [3.63, 3.8) is 0 Å². The second-order valence-corrected chi connectivity index (χ2v) is 8.98. The van der Waals surface area contributed by atoms with Crippen molar-refractivity contribution < 1.29 is 18.3 Å². The Bertz CT molecular complexity index is 1030. The SMILES string of the molecule is CCn1c(SCC(=O)N2CCC(Oc3ccc(F)cc3F)CC2)nnc1-c1cccs1. The van der Waals surface area contributed by atoms with Gasteiger partial charge in [0.1, 0.15) is 11.9 Å². The van der Waals surface area contributed by atoms with Gasteiger partial charge in [0.2, 0.25) is 5.91 Å². The number of amides is 1. The number of benzene rings is 1. The van der Waals surface area contributed by atoms with Crippen LogP contribution in [0.2, 0.25) is 0 Å². The topological polar surface area (TPSA) is 60.2 Å². The molecular formula is C21H22F2N4O2S2. The van der Waals surface area contributed by atoms with Gasteiger partial charge in [-0.05, 0) is 30.5 Å². The smallest absolute Gasteiger partial charge is 0.233 e. The number of halogens is 2. The lowest BCUT2D eigenvalue weighted by molar-refractivity contribution is -0.130. The number of nitrogens with zero attached hydrogens (tertiary/aromatic N) is 4.